The van der Waals surface area contributed by atoms with Gasteiger partial charge < -0.3 is 9.84 Å². The lowest BCUT2D eigenvalue weighted by Crippen LogP contribution is -2.42. The van der Waals surface area contributed by atoms with Gasteiger partial charge in [-0.1, -0.05) is 37.7 Å². The molecule has 164 valence electrons. The van der Waals surface area contributed by atoms with Crippen molar-refractivity contribution in [2.75, 3.05) is 19.7 Å². The first-order chi connectivity index (χ1) is 14.1. The van der Waals surface area contributed by atoms with Gasteiger partial charge in [0.25, 0.3) is 0 Å². The molecular formula is C22H26F3NO3S. The highest BCUT2D eigenvalue weighted by Gasteiger charge is 2.30. The third kappa shape index (κ3) is 6.95. The third-order valence-corrected chi connectivity index (χ3v) is 5.97. The van der Waals surface area contributed by atoms with Gasteiger partial charge in [-0.05, 0) is 49.9 Å². The van der Waals surface area contributed by atoms with Crippen LogP contribution in [-0.2, 0) is 11.0 Å². The molecule has 2 unspecified atom stereocenters. The standard InChI is InChI=1S/C22H26F3NO3S/c1-4-26(13-21(27)28)16(3)15(2)14-29-19-7-5-6-8-20(19)30-18-11-9-17(10-12-18)22(23,24)25/h5-12,15-16H,4,13-14H2,1-3H3,(H,27,28). The molecule has 0 spiro atoms. The molecule has 0 radical (unpaired) electrons. The highest BCUT2D eigenvalue weighted by atomic mass is 32.2. The number of rotatable bonds is 10. The Morgan fingerprint density at radius 1 is 1.13 bits per heavy atom. The summed E-state index contributed by atoms with van der Waals surface area (Å²) >= 11 is 1.33. The van der Waals surface area contributed by atoms with Gasteiger partial charge in [0.2, 0.25) is 0 Å². The maximum atomic E-state index is 12.7. The second-order valence-corrected chi connectivity index (χ2v) is 8.17. The Kier molecular flexibility index (Phi) is 8.61. The Morgan fingerprint density at radius 3 is 2.33 bits per heavy atom. The van der Waals surface area contributed by atoms with Gasteiger partial charge in [0.05, 0.1) is 23.6 Å². The summed E-state index contributed by atoms with van der Waals surface area (Å²) in [5.41, 5.74) is -0.680. The Bertz CT molecular complexity index is 827. The molecule has 2 aromatic carbocycles. The average molecular weight is 442 g/mol. The number of carboxylic acid groups (broad SMARTS) is 1. The molecule has 0 saturated carbocycles. The Hall–Kier alpha value is -2.19. The van der Waals surface area contributed by atoms with E-state index in [4.69, 9.17) is 9.84 Å². The topological polar surface area (TPSA) is 49.8 Å². The summed E-state index contributed by atoms with van der Waals surface area (Å²) in [4.78, 5) is 14.4. The van der Waals surface area contributed by atoms with Crippen LogP contribution < -0.4 is 4.74 Å². The first-order valence-corrected chi connectivity index (χ1v) is 10.5. The zero-order chi connectivity index (χ0) is 22.3. The summed E-state index contributed by atoms with van der Waals surface area (Å²) in [5, 5.41) is 9.05. The number of ether oxygens (including phenoxy) is 1. The predicted octanol–water partition coefficient (Wildman–Crippen LogP) is 5.67. The number of nitrogens with zero attached hydrogens (tertiary/aromatic N) is 1. The molecule has 0 amide bonds. The van der Waals surface area contributed by atoms with Crippen LogP contribution in [-0.4, -0.2) is 41.7 Å². The second kappa shape index (κ2) is 10.7. The predicted molar refractivity (Wildman–Crippen MR) is 111 cm³/mol. The lowest BCUT2D eigenvalue weighted by Gasteiger charge is -2.31. The molecule has 2 aromatic rings. The lowest BCUT2D eigenvalue weighted by atomic mass is 10.0. The number of aliphatic carboxylic acids is 1. The fraction of sp³-hybridized carbons (Fsp3) is 0.409. The van der Waals surface area contributed by atoms with Crippen molar-refractivity contribution >= 4 is 17.7 Å². The van der Waals surface area contributed by atoms with E-state index in [1.807, 2.05) is 49.9 Å². The molecule has 0 aliphatic rings. The fourth-order valence-corrected chi connectivity index (χ4v) is 3.83. The third-order valence-electron chi connectivity index (χ3n) is 4.90. The maximum Gasteiger partial charge on any atom is 0.416 e. The van der Waals surface area contributed by atoms with E-state index >= 15 is 0 Å². The van der Waals surface area contributed by atoms with Crippen molar-refractivity contribution in [2.45, 2.75) is 42.8 Å². The summed E-state index contributed by atoms with van der Waals surface area (Å²) in [6.45, 7) is 6.88. The lowest BCUT2D eigenvalue weighted by molar-refractivity contribution is -0.139. The number of hydrogen-bond donors (Lipinski definition) is 1. The zero-order valence-electron chi connectivity index (χ0n) is 17.1. The molecule has 0 heterocycles. The van der Waals surface area contributed by atoms with Gasteiger partial charge in [0, 0.05) is 16.9 Å². The molecule has 30 heavy (non-hydrogen) atoms. The number of carbonyl (C=O) groups is 1. The van der Waals surface area contributed by atoms with Crippen molar-refractivity contribution in [1.82, 2.24) is 4.90 Å². The normalized spacial score (nSPS) is 13.8. The molecule has 0 aromatic heterocycles. The van der Waals surface area contributed by atoms with Crippen LogP contribution in [0.1, 0.15) is 26.3 Å². The molecule has 0 aliphatic carbocycles. The van der Waals surface area contributed by atoms with Crippen LogP contribution in [0.4, 0.5) is 13.2 Å². The first-order valence-electron chi connectivity index (χ1n) is 9.64. The van der Waals surface area contributed by atoms with E-state index in [0.717, 1.165) is 17.0 Å². The van der Waals surface area contributed by atoms with E-state index in [2.05, 4.69) is 0 Å². The number of hydrogen-bond acceptors (Lipinski definition) is 4. The van der Waals surface area contributed by atoms with Gasteiger partial charge in [-0.3, -0.25) is 9.69 Å². The second-order valence-electron chi connectivity index (χ2n) is 7.06. The minimum absolute atomic E-state index is 0.0147. The Balaban J connectivity index is 2.04. The van der Waals surface area contributed by atoms with Gasteiger partial charge in [-0.2, -0.15) is 13.2 Å². The molecule has 0 saturated heterocycles. The van der Waals surface area contributed by atoms with E-state index in [1.165, 1.54) is 23.9 Å². The molecule has 4 nitrogen and oxygen atoms in total. The van der Waals surface area contributed by atoms with Crippen molar-refractivity contribution < 1.29 is 27.8 Å². The molecule has 0 fully saturated rings. The monoisotopic (exact) mass is 441 g/mol. The quantitative estimate of drug-likeness (QED) is 0.515. The molecule has 0 bridgehead atoms. The molecular weight excluding hydrogens is 415 g/mol. The van der Waals surface area contributed by atoms with Crippen LogP contribution in [0.5, 0.6) is 5.75 Å². The average Bonchev–Trinajstić information content (AvgIpc) is 2.70. The summed E-state index contributed by atoms with van der Waals surface area (Å²) < 4.78 is 44.2. The number of likely N-dealkylation sites (N-methyl/N-ethyl adjacent to an activating group) is 1. The molecule has 2 rings (SSSR count). The highest BCUT2D eigenvalue weighted by molar-refractivity contribution is 7.99. The maximum absolute atomic E-state index is 12.7. The molecule has 0 aliphatic heterocycles. The van der Waals surface area contributed by atoms with Crippen molar-refractivity contribution in [3.05, 3.63) is 54.1 Å². The number of carboxylic acids is 1. The van der Waals surface area contributed by atoms with E-state index in [1.54, 1.807) is 0 Å². The molecule has 2 atom stereocenters. The van der Waals surface area contributed by atoms with Crippen LogP contribution in [0.3, 0.4) is 0 Å². The largest absolute Gasteiger partial charge is 0.492 e. The van der Waals surface area contributed by atoms with Gasteiger partial charge in [-0.25, -0.2) is 0 Å². The van der Waals surface area contributed by atoms with Crippen LogP contribution >= 0.6 is 11.8 Å². The minimum atomic E-state index is -4.36. The summed E-state index contributed by atoms with van der Waals surface area (Å²) in [7, 11) is 0. The van der Waals surface area contributed by atoms with Crippen molar-refractivity contribution in [3.63, 3.8) is 0 Å². The van der Waals surface area contributed by atoms with E-state index in [-0.39, 0.29) is 18.5 Å². The van der Waals surface area contributed by atoms with E-state index in [0.29, 0.717) is 23.8 Å². The van der Waals surface area contributed by atoms with Crippen LogP contribution in [0, 0.1) is 5.92 Å². The number of halogens is 3. The number of alkyl halides is 3. The van der Waals surface area contributed by atoms with Crippen LogP contribution in [0.15, 0.2) is 58.3 Å². The highest BCUT2D eigenvalue weighted by Crippen LogP contribution is 2.37. The summed E-state index contributed by atoms with van der Waals surface area (Å²) in [6.07, 6.45) is -4.36. The number of para-hydroxylation sites is 1. The van der Waals surface area contributed by atoms with E-state index < -0.39 is 17.7 Å². The number of benzene rings is 2. The summed E-state index contributed by atoms with van der Waals surface area (Å²) in [5.74, 6) is -0.147. The van der Waals surface area contributed by atoms with Crippen molar-refractivity contribution in [3.8, 4) is 5.75 Å². The summed E-state index contributed by atoms with van der Waals surface area (Å²) in [6, 6.07) is 12.4. The first kappa shape index (κ1) is 24.1. The molecule has 8 heteroatoms. The van der Waals surface area contributed by atoms with Gasteiger partial charge >= 0.3 is 12.1 Å². The van der Waals surface area contributed by atoms with Crippen LogP contribution in [0.25, 0.3) is 0 Å². The van der Waals surface area contributed by atoms with Crippen molar-refractivity contribution in [2.24, 2.45) is 5.92 Å². The van der Waals surface area contributed by atoms with E-state index in [9.17, 15) is 18.0 Å². The van der Waals surface area contributed by atoms with Gasteiger partial charge in [-0.15, -0.1) is 0 Å². The SMILES string of the molecule is CCN(CC(=O)O)C(C)C(C)COc1ccccc1Sc1ccc(C(F)(F)F)cc1. The van der Waals surface area contributed by atoms with Crippen molar-refractivity contribution in [1.29, 1.82) is 0 Å². The molecule has 1 N–H and O–H groups in total. The minimum Gasteiger partial charge on any atom is -0.492 e. The fourth-order valence-electron chi connectivity index (χ4n) is 2.93. The van der Waals surface area contributed by atoms with Gasteiger partial charge in [0.15, 0.2) is 0 Å². The zero-order valence-corrected chi connectivity index (χ0v) is 18.0. The Labute approximate surface area is 179 Å². The smallest absolute Gasteiger partial charge is 0.416 e. The van der Waals surface area contributed by atoms with Crippen LogP contribution in [0.2, 0.25) is 0 Å². The Morgan fingerprint density at radius 2 is 1.77 bits per heavy atom. The van der Waals surface area contributed by atoms with Gasteiger partial charge in [0.1, 0.15) is 5.75 Å².